The molecule has 37 heavy (non-hydrogen) atoms. The molecule has 9 heteroatoms. The van der Waals surface area contributed by atoms with Gasteiger partial charge in [-0.25, -0.2) is 5.43 Å². The highest BCUT2D eigenvalue weighted by Gasteiger charge is 2.57. The summed E-state index contributed by atoms with van der Waals surface area (Å²) in [4.78, 5) is 46.5. The van der Waals surface area contributed by atoms with Crippen LogP contribution in [0.1, 0.15) is 71.6 Å². The third-order valence-corrected chi connectivity index (χ3v) is 9.60. The monoisotopic (exact) mass is 516 g/mol. The minimum absolute atomic E-state index is 0.000661. The van der Waals surface area contributed by atoms with Gasteiger partial charge in [0.05, 0.1) is 6.04 Å². The first-order chi connectivity index (χ1) is 17.9. The van der Waals surface area contributed by atoms with Gasteiger partial charge in [-0.2, -0.15) is 0 Å². The van der Waals surface area contributed by atoms with Crippen LogP contribution in [0.3, 0.4) is 0 Å². The summed E-state index contributed by atoms with van der Waals surface area (Å²) in [5.74, 6) is 1.71. The molecule has 3 saturated heterocycles. The summed E-state index contributed by atoms with van der Waals surface area (Å²) in [5.41, 5.74) is 3.17. The molecule has 0 aromatic rings. The fraction of sp³-hybridized carbons (Fsp3) is 0.893. The second-order valence-corrected chi connectivity index (χ2v) is 12.3. The quantitative estimate of drug-likeness (QED) is 0.428. The number of nitrogens with one attached hydrogen (secondary N) is 2. The van der Waals surface area contributed by atoms with E-state index in [0.717, 1.165) is 70.7 Å². The van der Waals surface area contributed by atoms with Crippen molar-refractivity contribution >= 4 is 17.7 Å². The maximum atomic E-state index is 13.6. The topological polar surface area (TPSA) is 88.0 Å². The average Bonchev–Trinajstić information content (AvgIpc) is 3.72. The van der Waals surface area contributed by atoms with Crippen LogP contribution >= 0.6 is 0 Å². The Bertz CT molecular complexity index is 838. The SMILES string of the molecule is CCN(CC1CCN(C(C(=O)NC(C)C(=O)N2CCCCN2)C2CCCC2)C1)C(=O)C1C(C2CC2)N1C. The van der Waals surface area contributed by atoms with E-state index in [1.165, 1.54) is 25.7 Å². The molecule has 2 saturated carbocycles. The van der Waals surface area contributed by atoms with Gasteiger partial charge >= 0.3 is 0 Å². The van der Waals surface area contributed by atoms with Gasteiger partial charge in [-0.15, -0.1) is 0 Å². The Morgan fingerprint density at radius 1 is 1.03 bits per heavy atom. The molecule has 2 aliphatic carbocycles. The van der Waals surface area contributed by atoms with Crippen molar-refractivity contribution in [1.82, 2.24) is 30.5 Å². The molecular weight excluding hydrogens is 468 g/mol. The summed E-state index contributed by atoms with van der Waals surface area (Å²) < 4.78 is 0. The summed E-state index contributed by atoms with van der Waals surface area (Å²) in [6.45, 7) is 8.66. The molecule has 5 rings (SSSR count). The maximum absolute atomic E-state index is 13.6. The average molecular weight is 517 g/mol. The van der Waals surface area contributed by atoms with E-state index in [2.05, 4.69) is 39.4 Å². The summed E-state index contributed by atoms with van der Waals surface area (Å²) in [5, 5.41) is 4.76. The minimum Gasteiger partial charge on any atom is -0.343 e. The number of hydrogen-bond donors (Lipinski definition) is 2. The Hall–Kier alpha value is -1.71. The van der Waals surface area contributed by atoms with Gasteiger partial charge in [0, 0.05) is 38.8 Å². The lowest BCUT2D eigenvalue weighted by atomic mass is 9.95. The molecular formula is C28H48N6O3. The summed E-state index contributed by atoms with van der Waals surface area (Å²) in [6, 6.07) is -0.183. The van der Waals surface area contributed by atoms with Crippen molar-refractivity contribution in [2.24, 2.45) is 17.8 Å². The van der Waals surface area contributed by atoms with Gasteiger partial charge in [0.1, 0.15) is 12.1 Å². The van der Waals surface area contributed by atoms with E-state index in [1.807, 2.05) is 6.92 Å². The summed E-state index contributed by atoms with van der Waals surface area (Å²) in [6.07, 6.45) is 10.1. The van der Waals surface area contributed by atoms with Crippen molar-refractivity contribution < 1.29 is 14.4 Å². The van der Waals surface area contributed by atoms with Gasteiger partial charge in [-0.05, 0) is 90.1 Å². The molecule has 0 bridgehead atoms. The first-order valence-electron chi connectivity index (χ1n) is 15.0. The minimum atomic E-state index is -0.538. The molecule has 0 aromatic heterocycles. The highest BCUT2D eigenvalue weighted by Crippen LogP contribution is 2.46. The normalized spacial score (nSPS) is 32.2. The Labute approximate surface area is 222 Å². The lowest BCUT2D eigenvalue weighted by Gasteiger charge is -2.34. The number of amides is 3. The maximum Gasteiger partial charge on any atom is 0.258 e. The van der Waals surface area contributed by atoms with E-state index in [4.69, 9.17) is 0 Å². The van der Waals surface area contributed by atoms with Crippen LogP contribution in [0.25, 0.3) is 0 Å². The highest BCUT2D eigenvalue weighted by molar-refractivity contribution is 5.89. The second-order valence-electron chi connectivity index (χ2n) is 12.3. The molecule has 0 spiro atoms. The van der Waals surface area contributed by atoms with Crippen LogP contribution in [0.5, 0.6) is 0 Å². The molecule has 6 unspecified atom stereocenters. The van der Waals surface area contributed by atoms with Crippen molar-refractivity contribution in [2.75, 3.05) is 46.3 Å². The zero-order valence-corrected chi connectivity index (χ0v) is 23.2. The lowest BCUT2D eigenvalue weighted by molar-refractivity contribution is -0.141. The van der Waals surface area contributed by atoms with Crippen molar-refractivity contribution in [3.05, 3.63) is 0 Å². The van der Waals surface area contributed by atoms with Crippen molar-refractivity contribution in [1.29, 1.82) is 0 Å². The van der Waals surface area contributed by atoms with Crippen LogP contribution in [0.2, 0.25) is 0 Å². The van der Waals surface area contributed by atoms with E-state index < -0.39 is 6.04 Å². The van der Waals surface area contributed by atoms with Gasteiger partial charge < -0.3 is 10.2 Å². The molecule has 5 aliphatic rings. The number of nitrogens with zero attached hydrogens (tertiary/aromatic N) is 4. The largest absolute Gasteiger partial charge is 0.343 e. The van der Waals surface area contributed by atoms with Crippen LogP contribution in [0.4, 0.5) is 0 Å². The lowest BCUT2D eigenvalue weighted by Crippen LogP contribution is -2.58. The number of hydrogen-bond acceptors (Lipinski definition) is 6. The zero-order chi connectivity index (χ0) is 26.1. The number of hydrazine groups is 1. The highest BCUT2D eigenvalue weighted by atomic mass is 16.2. The van der Waals surface area contributed by atoms with E-state index in [0.29, 0.717) is 30.3 Å². The smallest absolute Gasteiger partial charge is 0.258 e. The molecule has 3 amide bonds. The Balaban J connectivity index is 1.18. The fourth-order valence-corrected chi connectivity index (χ4v) is 7.27. The molecule has 0 aromatic carbocycles. The summed E-state index contributed by atoms with van der Waals surface area (Å²) >= 11 is 0. The zero-order valence-electron chi connectivity index (χ0n) is 23.2. The van der Waals surface area contributed by atoms with Gasteiger partial charge in [-0.1, -0.05) is 12.8 Å². The number of likely N-dealkylation sites (tertiary alicyclic amines) is 1. The van der Waals surface area contributed by atoms with Crippen molar-refractivity contribution in [3.8, 4) is 0 Å². The van der Waals surface area contributed by atoms with Crippen LogP contribution in [0.15, 0.2) is 0 Å². The van der Waals surface area contributed by atoms with Gasteiger partial charge in [0.2, 0.25) is 11.8 Å². The standard InChI is InChI=1S/C28H48N6O3/c1-4-32(28(37)25-23(31(25)3)22-11-12-22)17-20-13-16-33(18-20)24(21-9-5-6-10-21)26(35)30-19(2)27(36)34-15-8-7-14-29-34/h19-25,29H,4-18H2,1-3H3,(H,30,35). The van der Waals surface area contributed by atoms with Crippen molar-refractivity contribution in [2.45, 2.75) is 95.8 Å². The van der Waals surface area contributed by atoms with Gasteiger partial charge in [0.15, 0.2) is 0 Å². The number of carbonyl (C=O) groups excluding carboxylic acids is 3. The first-order valence-corrected chi connectivity index (χ1v) is 15.0. The molecule has 3 heterocycles. The molecule has 9 nitrogen and oxygen atoms in total. The number of carbonyl (C=O) groups is 3. The van der Waals surface area contributed by atoms with Crippen molar-refractivity contribution in [3.63, 3.8) is 0 Å². The van der Waals surface area contributed by atoms with Gasteiger partial charge in [0.25, 0.3) is 5.91 Å². The van der Waals surface area contributed by atoms with E-state index in [-0.39, 0.29) is 23.9 Å². The number of likely N-dealkylation sites (N-methyl/N-ethyl adjacent to an activating group) is 2. The molecule has 0 radical (unpaired) electrons. The third-order valence-electron chi connectivity index (χ3n) is 9.60. The first kappa shape index (κ1) is 26.9. The number of rotatable bonds is 10. The Kier molecular flexibility index (Phi) is 8.41. The predicted molar refractivity (Wildman–Crippen MR) is 142 cm³/mol. The fourth-order valence-electron chi connectivity index (χ4n) is 7.27. The molecule has 6 atom stereocenters. The Morgan fingerprint density at radius 3 is 2.43 bits per heavy atom. The van der Waals surface area contributed by atoms with Gasteiger partial charge in [-0.3, -0.25) is 29.2 Å². The van der Waals surface area contributed by atoms with Crippen LogP contribution in [-0.2, 0) is 14.4 Å². The molecule has 5 fully saturated rings. The van der Waals surface area contributed by atoms with E-state index in [1.54, 1.807) is 5.01 Å². The second kappa shape index (κ2) is 11.6. The van der Waals surface area contributed by atoms with E-state index >= 15 is 0 Å². The molecule has 208 valence electrons. The van der Waals surface area contributed by atoms with E-state index in [9.17, 15) is 14.4 Å². The predicted octanol–water partition coefficient (Wildman–Crippen LogP) is 1.44. The van der Waals surface area contributed by atoms with Crippen LogP contribution in [-0.4, -0.2) is 108 Å². The molecule has 3 aliphatic heterocycles. The van der Waals surface area contributed by atoms with Crippen LogP contribution in [0, 0.1) is 17.8 Å². The summed E-state index contributed by atoms with van der Waals surface area (Å²) in [7, 11) is 2.09. The Morgan fingerprint density at radius 2 is 1.78 bits per heavy atom. The third kappa shape index (κ3) is 5.98. The van der Waals surface area contributed by atoms with Crippen LogP contribution < -0.4 is 10.7 Å². The molecule has 2 N–H and O–H groups in total.